The van der Waals surface area contributed by atoms with Crippen LogP contribution in [-0.4, -0.2) is 29.3 Å². The SMILES string of the molecule is N#CC1CC(C(=O)NCc2ccc(CN)cc2)N(C(=O)CCCc2ccccc2)C1. The van der Waals surface area contributed by atoms with E-state index in [1.54, 1.807) is 4.90 Å². The molecule has 0 spiro atoms. The maximum absolute atomic E-state index is 12.8. The lowest BCUT2D eigenvalue weighted by molar-refractivity contribution is -0.138. The molecule has 1 saturated heterocycles. The zero-order chi connectivity index (χ0) is 21.3. The van der Waals surface area contributed by atoms with E-state index >= 15 is 0 Å². The lowest BCUT2D eigenvalue weighted by Gasteiger charge is -2.24. The van der Waals surface area contributed by atoms with Crippen molar-refractivity contribution in [2.45, 2.75) is 44.8 Å². The lowest BCUT2D eigenvalue weighted by atomic mass is 10.1. The van der Waals surface area contributed by atoms with Crippen LogP contribution in [-0.2, 0) is 29.1 Å². The number of nitrogens with one attached hydrogen (secondary N) is 1. The van der Waals surface area contributed by atoms with Gasteiger partial charge in [0.2, 0.25) is 11.8 Å². The van der Waals surface area contributed by atoms with Crippen LogP contribution >= 0.6 is 0 Å². The Kier molecular flexibility index (Phi) is 7.58. The number of hydrogen-bond acceptors (Lipinski definition) is 4. The van der Waals surface area contributed by atoms with Gasteiger partial charge in [-0.15, -0.1) is 0 Å². The van der Waals surface area contributed by atoms with Gasteiger partial charge >= 0.3 is 0 Å². The van der Waals surface area contributed by atoms with Gasteiger partial charge in [-0.2, -0.15) is 5.26 Å². The van der Waals surface area contributed by atoms with Crippen molar-refractivity contribution in [2.75, 3.05) is 6.54 Å². The molecule has 156 valence electrons. The summed E-state index contributed by atoms with van der Waals surface area (Å²) in [5.74, 6) is -0.564. The van der Waals surface area contributed by atoms with Crippen LogP contribution in [0.15, 0.2) is 54.6 Å². The van der Waals surface area contributed by atoms with Crippen molar-refractivity contribution in [1.29, 1.82) is 5.26 Å². The molecule has 2 atom stereocenters. The van der Waals surface area contributed by atoms with E-state index in [9.17, 15) is 14.9 Å². The Morgan fingerprint density at radius 3 is 2.43 bits per heavy atom. The van der Waals surface area contributed by atoms with Gasteiger partial charge in [-0.05, 0) is 36.0 Å². The quantitative estimate of drug-likeness (QED) is 0.706. The largest absolute Gasteiger partial charge is 0.350 e. The fourth-order valence-electron chi connectivity index (χ4n) is 3.79. The van der Waals surface area contributed by atoms with Gasteiger partial charge in [0.1, 0.15) is 6.04 Å². The van der Waals surface area contributed by atoms with E-state index in [0.29, 0.717) is 32.5 Å². The summed E-state index contributed by atoms with van der Waals surface area (Å²) in [7, 11) is 0. The van der Waals surface area contributed by atoms with E-state index in [1.807, 2.05) is 54.6 Å². The topological polar surface area (TPSA) is 99.2 Å². The Balaban J connectivity index is 1.54. The van der Waals surface area contributed by atoms with Crippen molar-refractivity contribution < 1.29 is 9.59 Å². The van der Waals surface area contributed by atoms with Crippen LogP contribution in [0.1, 0.15) is 36.0 Å². The first-order valence-electron chi connectivity index (χ1n) is 10.4. The Morgan fingerprint density at radius 1 is 1.07 bits per heavy atom. The molecule has 1 fully saturated rings. The second-order valence-corrected chi connectivity index (χ2v) is 7.70. The first-order valence-corrected chi connectivity index (χ1v) is 10.4. The molecule has 6 heteroatoms. The number of rotatable bonds is 8. The average molecular weight is 405 g/mol. The fraction of sp³-hybridized carbons (Fsp3) is 0.375. The summed E-state index contributed by atoms with van der Waals surface area (Å²) in [5.41, 5.74) is 8.80. The van der Waals surface area contributed by atoms with E-state index < -0.39 is 6.04 Å². The molecule has 1 aliphatic rings. The highest BCUT2D eigenvalue weighted by molar-refractivity contribution is 5.88. The molecular formula is C24H28N4O2. The van der Waals surface area contributed by atoms with Crippen molar-refractivity contribution in [3.05, 3.63) is 71.3 Å². The van der Waals surface area contributed by atoms with Crippen molar-refractivity contribution in [1.82, 2.24) is 10.2 Å². The van der Waals surface area contributed by atoms with E-state index in [-0.39, 0.29) is 17.7 Å². The van der Waals surface area contributed by atoms with Gasteiger partial charge in [0, 0.05) is 26.1 Å². The number of carbonyl (C=O) groups excluding carboxylic acids is 2. The maximum atomic E-state index is 12.8. The molecular weight excluding hydrogens is 376 g/mol. The van der Waals surface area contributed by atoms with Crippen molar-refractivity contribution in [2.24, 2.45) is 11.7 Å². The van der Waals surface area contributed by atoms with Crippen molar-refractivity contribution in [3.63, 3.8) is 0 Å². The Bertz CT molecular complexity index is 890. The molecule has 3 rings (SSSR count). The number of likely N-dealkylation sites (tertiary alicyclic amines) is 1. The standard InChI is InChI=1S/C24H28N4O2/c25-14-19-9-11-20(12-10-19)16-27-24(30)22-13-21(15-26)17-28(22)23(29)8-4-7-18-5-2-1-3-6-18/h1-3,5-6,9-12,21-22H,4,7-8,13-14,16-17,25H2,(H,27,30). The monoisotopic (exact) mass is 404 g/mol. The number of amides is 2. The van der Waals surface area contributed by atoms with Crippen molar-refractivity contribution in [3.8, 4) is 6.07 Å². The molecule has 1 heterocycles. The summed E-state index contributed by atoms with van der Waals surface area (Å²) in [5, 5.41) is 12.2. The van der Waals surface area contributed by atoms with Crippen LogP contribution in [0.5, 0.6) is 0 Å². The second kappa shape index (κ2) is 10.6. The molecule has 1 aliphatic heterocycles. The van der Waals surface area contributed by atoms with Crippen LogP contribution in [0.3, 0.4) is 0 Å². The minimum atomic E-state index is -0.581. The van der Waals surface area contributed by atoms with E-state index in [2.05, 4.69) is 11.4 Å². The minimum Gasteiger partial charge on any atom is -0.350 e. The molecule has 0 radical (unpaired) electrons. The highest BCUT2D eigenvalue weighted by Gasteiger charge is 2.39. The number of carbonyl (C=O) groups is 2. The summed E-state index contributed by atoms with van der Waals surface area (Å²) in [6.07, 6.45) is 2.30. The molecule has 3 N–H and O–H groups in total. The third-order valence-corrected chi connectivity index (χ3v) is 5.53. The van der Waals surface area contributed by atoms with E-state index in [4.69, 9.17) is 5.73 Å². The number of nitrogens with zero attached hydrogens (tertiary/aromatic N) is 2. The molecule has 2 amide bonds. The Labute approximate surface area is 177 Å². The zero-order valence-corrected chi connectivity index (χ0v) is 17.1. The first-order chi connectivity index (χ1) is 14.6. The highest BCUT2D eigenvalue weighted by Crippen LogP contribution is 2.24. The van der Waals surface area contributed by atoms with Gasteiger partial charge in [0.05, 0.1) is 12.0 Å². The zero-order valence-electron chi connectivity index (χ0n) is 17.1. The molecule has 0 bridgehead atoms. The predicted molar refractivity (Wildman–Crippen MR) is 115 cm³/mol. The molecule has 2 aromatic carbocycles. The second-order valence-electron chi connectivity index (χ2n) is 7.70. The first kappa shape index (κ1) is 21.5. The Morgan fingerprint density at radius 2 is 1.77 bits per heavy atom. The molecule has 2 unspecified atom stereocenters. The lowest BCUT2D eigenvalue weighted by Crippen LogP contribution is -2.45. The molecule has 6 nitrogen and oxygen atoms in total. The number of nitrogens with two attached hydrogens (primary N) is 1. The minimum absolute atomic E-state index is 0.0591. The molecule has 0 aliphatic carbocycles. The van der Waals surface area contributed by atoms with E-state index in [0.717, 1.165) is 24.0 Å². The van der Waals surface area contributed by atoms with E-state index in [1.165, 1.54) is 5.56 Å². The fourth-order valence-corrected chi connectivity index (χ4v) is 3.79. The third-order valence-electron chi connectivity index (χ3n) is 5.53. The molecule has 0 aromatic heterocycles. The van der Waals surface area contributed by atoms with Gasteiger partial charge in [0.15, 0.2) is 0 Å². The number of aryl methyl sites for hydroxylation is 1. The summed E-state index contributed by atoms with van der Waals surface area (Å²) < 4.78 is 0. The normalized spacial score (nSPS) is 18.1. The van der Waals surface area contributed by atoms with Crippen LogP contribution < -0.4 is 11.1 Å². The Hall–Kier alpha value is -3.17. The molecule has 0 saturated carbocycles. The molecule has 2 aromatic rings. The highest BCUT2D eigenvalue weighted by atomic mass is 16.2. The maximum Gasteiger partial charge on any atom is 0.243 e. The average Bonchev–Trinajstić information content (AvgIpc) is 3.23. The number of nitriles is 1. The summed E-state index contributed by atoms with van der Waals surface area (Å²) in [6.45, 7) is 1.18. The predicted octanol–water partition coefficient (Wildman–Crippen LogP) is 2.53. The van der Waals surface area contributed by atoms with Crippen LogP contribution in [0.4, 0.5) is 0 Å². The van der Waals surface area contributed by atoms with Gasteiger partial charge in [-0.3, -0.25) is 9.59 Å². The van der Waals surface area contributed by atoms with Gasteiger partial charge in [-0.1, -0.05) is 54.6 Å². The van der Waals surface area contributed by atoms with Gasteiger partial charge in [-0.25, -0.2) is 0 Å². The molecule has 30 heavy (non-hydrogen) atoms. The van der Waals surface area contributed by atoms with Gasteiger partial charge < -0.3 is 16.0 Å². The number of hydrogen-bond donors (Lipinski definition) is 2. The van der Waals surface area contributed by atoms with Crippen LogP contribution in [0.25, 0.3) is 0 Å². The number of benzene rings is 2. The summed E-state index contributed by atoms with van der Waals surface area (Å²) in [6, 6.07) is 19.4. The third kappa shape index (κ3) is 5.68. The van der Waals surface area contributed by atoms with Crippen LogP contribution in [0, 0.1) is 17.2 Å². The van der Waals surface area contributed by atoms with Gasteiger partial charge in [0.25, 0.3) is 0 Å². The summed E-state index contributed by atoms with van der Waals surface area (Å²) in [4.78, 5) is 27.1. The summed E-state index contributed by atoms with van der Waals surface area (Å²) >= 11 is 0. The smallest absolute Gasteiger partial charge is 0.243 e. The van der Waals surface area contributed by atoms with Crippen LogP contribution in [0.2, 0.25) is 0 Å². The van der Waals surface area contributed by atoms with Crippen molar-refractivity contribution >= 4 is 11.8 Å².